The number of hydrogen-bond acceptors (Lipinski definition) is 1. The van der Waals surface area contributed by atoms with E-state index in [-0.39, 0.29) is 0 Å². The first kappa shape index (κ1) is 11.8. The molecule has 3 heteroatoms. The van der Waals surface area contributed by atoms with E-state index in [0.717, 1.165) is 24.7 Å². The zero-order valence-corrected chi connectivity index (χ0v) is 10.4. The van der Waals surface area contributed by atoms with E-state index in [1.54, 1.807) is 0 Å². The molecule has 1 heterocycles. The second kappa shape index (κ2) is 4.96. The number of likely N-dealkylation sites (tertiary alicyclic amines) is 1. The van der Waals surface area contributed by atoms with E-state index in [9.17, 15) is 0 Å². The Labute approximate surface area is 93.1 Å². The van der Waals surface area contributed by atoms with Gasteiger partial charge in [-0.05, 0) is 30.5 Å². The average molecular weight is 214 g/mol. The van der Waals surface area contributed by atoms with Crippen molar-refractivity contribution in [2.75, 3.05) is 19.6 Å². The summed E-state index contributed by atoms with van der Waals surface area (Å²) in [6.07, 6.45) is 3.68. The summed E-state index contributed by atoms with van der Waals surface area (Å²) in [6.45, 7) is 10.1. The average Bonchev–Trinajstić information content (AvgIpc) is 2.46. The van der Waals surface area contributed by atoms with Gasteiger partial charge in [0, 0.05) is 19.6 Å². The van der Waals surface area contributed by atoms with Gasteiger partial charge in [0.1, 0.15) is 0 Å². The van der Waals surface area contributed by atoms with Crippen molar-refractivity contribution in [3.05, 3.63) is 0 Å². The van der Waals surface area contributed by atoms with E-state index in [2.05, 4.69) is 31.0 Å². The number of nitrogens with zero attached hydrogens (tertiary/aromatic N) is 1. The smallest absolute Gasteiger partial charge is 0.168 e. The fourth-order valence-electron chi connectivity index (χ4n) is 1.77. The summed E-state index contributed by atoms with van der Waals surface area (Å²) >= 11 is 5.34. The maximum atomic E-state index is 5.34. The second-order valence-corrected chi connectivity index (χ2v) is 5.31. The highest BCUT2D eigenvalue weighted by atomic mass is 32.1. The predicted molar refractivity (Wildman–Crippen MR) is 65.5 cm³/mol. The Morgan fingerprint density at radius 1 is 1.50 bits per heavy atom. The van der Waals surface area contributed by atoms with Gasteiger partial charge < -0.3 is 10.2 Å². The number of nitrogens with one attached hydrogen (secondary N) is 1. The molecule has 1 aliphatic heterocycles. The van der Waals surface area contributed by atoms with Gasteiger partial charge in [-0.25, -0.2) is 0 Å². The van der Waals surface area contributed by atoms with Crippen LogP contribution in [0.1, 0.15) is 40.0 Å². The summed E-state index contributed by atoms with van der Waals surface area (Å²) in [5.41, 5.74) is 0.441. The van der Waals surface area contributed by atoms with Crippen molar-refractivity contribution >= 4 is 17.3 Å². The highest BCUT2D eigenvalue weighted by Crippen LogP contribution is 2.28. The number of thiocarbonyl (C=S) groups is 1. The molecule has 1 aliphatic rings. The fraction of sp³-hybridized carbons (Fsp3) is 0.909. The van der Waals surface area contributed by atoms with Crippen molar-refractivity contribution in [3.8, 4) is 0 Å². The molecule has 0 unspecified atom stereocenters. The van der Waals surface area contributed by atoms with Crippen LogP contribution < -0.4 is 5.32 Å². The Balaban J connectivity index is 2.25. The van der Waals surface area contributed by atoms with Crippen molar-refractivity contribution in [2.45, 2.75) is 40.0 Å². The summed E-state index contributed by atoms with van der Waals surface area (Å²) in [5, 5.41) is 4.27. The van der Waals surface area contributed by atoms with Gasteiger partial charge in [-0.1, -0.05) is 27.2 Å². The molecule has 82 valence electrons. The van der Waals surface area contributed by atoms with Gasteiger partial charge in [-0.15, -0.1) is 0 Å². The molecule has 0 bridgehead atoms. The lowest BCUT2D eigenvalue weighted by molar-refractivity contribution is 0.373. The van der Waals surface area contributed by atoms with Crippen molar-refractivity contribution in [1.29, 1.82) is 0 Å². The molecular weight excluding hydrogens is 192 g/mol. The van der Waals surface area contributed by atoms with E-state index in [4.69, 9.17) is 12.2 Å². The van der Waals surface area contributed by atoms with Crippen LogP contribution in [0.15, 0.2) is 0 Å². The quantitative estimate of drug-likeness (QED) is 0.574. The monoisotopic (exact) mass is 214 g/mol. The van der Waals surface area contributed by atoms with Crippen molar-refractivity contribution < 1.29 is 0 Å². The van der Waals surface area contributed by atoms with Gasteiger partial charge in [0.2, 0.25) is 0 Å². The molecule has 0 atom stereocenters. The Morgan fingerprint density at radius 3 is 2.71 bits per heavy atom. The van der Waals surface area contributed by atoms with E-state index < -0.39 is 0 Å². The zero-order valence-electron chi connectivity index (χ0n) is 9.60. The van der Waals surface area contributed by atoms with Crippen LogP contribution in [0.4, 0.5) is 0 Å². The van der Waals surface area contributed by atoms with Gasteiger partial charge in [-0.2, -0.15) is 0 Å². The van der Waals surface area contributed by atoms with Gasteiger partial charge in [0.15, 0.2) is 5.11 Å². The van der Waals surface area contributed by atoms with Crippen molar-refractivity contribution in [1.82, 2.24) is 10.2 Å². The minimum absolute atomic E-state index is 0.441. The number of rotatable bonds is 3. The van der Waals surface area contributed by atoms with Gasteiger partial charge >= 0.3 is 0 Å². The number of unbranched alkanes of at least 4 members (excludes halogenated alkanes) is 1. The maximum Gasteiger partial charge on any atom is 0.168 e. The largest absolute Gasteiger partial charge is 0.363 e. The molecule has 1 rings (SSSR count). The third kappa shape index (κ3) is 3.45. The lowest BCUT2D eigenvalue weighted by Crippen LogP contribution is -2.39. The van der Waals surface area contributed by atoms with Crippen molar-refractivity contribution in [3.63, 3.8) is 0 Å². The Morgan fingerprint density at radius 2 is 2.21 bits per heavy atom. The van der Waals surface area contributed by atoms with Crippen LogP contribution in [0.3, 0.4) is 0 Å². The molecule has 0 amide bonds. The van der Waals surface area contributed by atoms with Gasteiger partial charge in [0.25, 0.3) is 0 Å². The minimum atomic E-state index is 0.441. The molecule has 0 aliphatic carbocycles. The second-order valence-electron chi connectivity index (χ2n) is 4.92. The standard InChI is InChI=1S/C11H22N2S/c1-4-5-7-12-10(14)13-8-6-11(2,3)9-13/h4-9H2,1-3H3,(H,12,14). The van der Waals surface area contributed by atoms with Crippen molar-refractivity contribution in [2.24, 2.45) is 5.41 Å². The third-order valence-electron chi connectivity index (χ3n) is 2.77. The first-order chi connectivity index (χ1) is 6.55. The molecular formula is C11H22N2S. The zero-order chi connectivity index (χ0) is 10.6. The number of hydrogen-bond donors (Lipinski definition) is 1. The normalized spacial score (nSPS) is 19.8. The summed E-state index contributed by atoms with van der Waals surface area (Å²) in [7, 11) is 0. The van der Waals surface area contributed by atoms with Crippen LogP contribution in [0.2, 0.25) is 0 Å². The molecule has 0 saturated carbocycles. The van der Waals surface area contributed by atoms with Crippen LogP contribution in [-0.4, -0.2) is 29.6 Å². The van der Waals surface area contributed by atoms with E-state index >= 15 is 0 Å². The first-order valence-corrected chi connectivity index (χ1v) is 5.99. The van der Waals surface area contributed by atoms with Crippen LogP contribution in [0, 0.1) is 5.41 Å². The highest BCUT2D eigenvalue weighted by molar-refractivity contribution is 7.80. The maximum absolute atomic E-state index is 5.34. The first-order valence-electron chi connectivity index (χ1n) is 5.58. The predicted octanol–water partition coefficient (Wildman–Crippen LogP) is 2.39. The topological polar surface area (TPSA) is 15.3 Å². The molecule has 0 radical (unpaired) electrons. The molecule has 1 N–H and O–H groups in total. The molecule has 1 saturated heterocycles. The molecule has 2 nitrogen and oxygen atoms in total. The Hall–Kier alpha value is -0.310. The Bertz CT molecular complexity index is 201. The fourth-order valence-corrected chi connectivity index (χ4v) is 2.03. The van der Waals surface area contributed by atoms with Crippen LogP contribution in [0.25, 0.3) is 0 Å². The highest BCUT2D eigenvalue weighted by Gasteiger charge is 2.30. The summed E-state index contributed by atoms with van der Waals surface area (Å²) in [4.78, 5) is 2.30. The summed E-state index contributed by atoms with van der Waals surface area (Å²) in [6, 6.07) is 0. The van der Waals surface area contributed by atoms with Gasteiger partial charge in [-0.3, -0.25) is 0 Å². The molecule has 0 aromatic rings. The van der Waals surface area contributed by atoms with Gasteiger partial charge in [0.05, 0.1) is 0 Å². The van der Waals surface area contributed by atoms with E-state index in [0.29, 0.717) is 5.41 Å². The van der Waals surface area contributed by atoms with Crippen LogP contribution in [0.5, 0.6) is 0 Å². The molecule has 14 heavy (non-hydrogen) atoms. The third-order valence-corrected chi connectivity index (χ3v) is 3.17. The van der Waals surface area contributed by atoms with E-state index in [1.807, 2.05) is 0 Å². The van der Waals surface area contributed by atoms with Crippen LogP contribution in [-0.2, 0) is 0 Å². The molecule has 0 aromatic heterocycles. The summed E-state index contributed by atoms with van der Waals surface area (Å²) in [5.74, 6) is 0. The lowest BCUT2D eigenvalue weighted by atomic mass is 9.93. The molecule has 1 fully saturated rings. The molecule has 0 spiro atoms. The Kier molecular flexibility index (Phi) is 4.17. The molecule has 0 aromatic carbocycles. The lowest BCUT2D eigenvalue weighted by Gasteiger charge is -2.22. The van der Waals surface area contributed by atoms with E-state index in [1.165, 1.54) is 19.3 Å². The van der Waals surface area contributed by atoms with Crippen LogP contribution >= 0.6 is 12.2 Å². The summed E-state index contributed by atoms with van der Waals surface area (Å²) < 4.78 is 0. The minimum Gasteiger partial charge on any atom is -0.363 e. The SMILES string of the molecule is CCCCNC(=S)N1CCC(C)(C)C1.